The molecule has 1 saturated carbocycles. The van der Waals surface area contributed by atoms with Gasteiger partial charge in [-0.2, -0.15) is 0 Å². The summed E-state index contributed by atoms with van der Waals surface area (Å²) in [5, 5.41) is 3.68. The summed E-state index contributed by atoms with van der Waals surface area (Å²) in [6.07, 6.45) is 12.2. The number of nitrogens with zero attached hydrogens (tertiary/aromatic N) is 2. The van der Waals surface area contributed by atoms with Gasteiger partial charge in [0.05, 0.1) is 0 Å². The first-order chi connectivity index (χ1) is 10.3. The number of nitrogens with one attached hydrogen (secondary N) is 1. The van der Waals surface area contributed by atoms with Crippen LogP contribution in [0.3, 0.4) is 0 Å². The Labute approximate surface area is 129 Å². The number of hydrogen-bond donors (Lipinski definition) is 1. The molecule has 1 aromatic heterocycles. The normalized spacial score (nSPS) is 29.1. The fourth-order valence-electron chi connectivity index (χ4n) is 3.90. The molecule has 21 heavy (non-hydrogen) atoms. The molecule has 1 aromatic rings. The summed E-state index contributed by atoms with van der Waals surface area (Å²) in [6.45, 7) is 5.67. The van der Waals surface area contributed by atoms with Crippen LogP contribution in [0.15, 0.2) is 6.20 Å². The predicted molar refractivity (Wildman–Crippen MR) is 86.4 cm³/mol. The molecule has 0 radical (unpaired) electrons. The van der Waals surface area contributed by atoms with Gasteiger partial charge in [0.2, 0.25) is 0 Å². The van der Waals surface area contributed by atoms with Crippen LogP contribution in [-0.4, -0.2) is 16.5 Å². The second kappa shape index (κ2) is 6.87. The van der Waals surface area contributed by atoms with Gasteiger partial charge >= 0.3 is 0 Å². The van der Waals surface area contributed by atoms with E-state index in [1.54, 1.807) is 0 Å². The van der Waals surface area contributed by atoms with Gasteiger partial charge in [-0.25, -0.2) is 9.97 Å². The molecule has 116 valence electrons. The van der Waals surface area contributed by atoms with Gasteiger partial charge < -0.3 is 5.32 Å². The van der Waals surface area contributed by atoms with Crippen molar-refractivity contribution >= 4 is 0 Å². The van der Waals surface area contributed by atoms with Crippen molar-refractivity contribution in [2.24, 2.45) is 5.92 Å². The van der Waals surface area contributed by atoms with Gasteiger partial charge in [0.1, 0.15) is 5.82 Å². The van der Waals surface area contributed by atoms with Crippen LogP contribution < -0.4 is 5.32 Å². The molecule has 0 amide bonds. The van der Waals surface area contributed by atoms with Crippen LogP contribution in [0.1, 0.15) is 87.8 Å². The number of aryl methyl sites for hydroxylation is 1. The molecule has 0 spiro atoms. The highest BCUT2D eigenvalue weighted by Crippen LogP contribution is 2.37. The van der Waals surface area contributed by atoms with Crippen LogP contribution in [0, 0.1) is 5.92 Å². The van der Waals surface area contributed by atoms with E-state index >= 15 is 0 Å². The fourth-order valence-corrected chi connectivity index (χ4v) is 3.90. The lowest BCUT2D eigenvalue weighted by Gasteiger charge is -2.19. The maximum Gasteiger partial charge on any atom is 0.131 e. The van der Waals surface area contributed by atoms with Gasteiger partial charge in [0.25, 0.3) is 0 Å². The van der Waals surface area contributed by atoms with Gasteiger partial charge in [-0.05, 0) is 57.4 Å². The van der Waals surface area contributed by atoms with Gasteiger partial charge in [-0.1, -0.05) is 20.3 Å². The van der Waals surface area contributed by atoms with Crippen LogP contribution >= 0.6 is 0 Å². The Balaban J connectivity index is 1.81. The summed E-state index contributed by atoms with van der Waals surface area (Å²) in [5.41, 5.74) is 2.70. The third-order valence-electron chi connectivity index (χ3n) is 5.15. The molecule has 3 rings (SSSR count). The summed E-state index contributed by atoms with van der Waals surface area (Å²) < 4.78 is 0. The summed E-state index contributed by atoms with van der Waals surface area (Å²) >= 11 is 0. The van der Waals surface area contributed by atoms with E-state index in [1.807, 2.05) is 0 Å². The van der Waals surface area contributed by atoms with E-state index in [-0.39, 0.29) is 0 Å². The Kier molecular flexibility index (Phi) is 4.89. The number of hydrogen-bond acceptors (Lipinski definition) is 3. The highest BCUT2D eigenvalue weighted by molar-refractivity contribution is 5.24. The molecule has 1 heterocycles. The van der Waals surface area contributed by atoms with E-state index in [2.05, 4.69) is 25.4 Å². The molecule has 0 bridgehead atoms. The van der Waals surface area contributed by atoms with Gasteiger partial charge in [0, 0.05) is 29.4 Å². The second-order valence-electron chi connectivity index (χ2n) is 7.00. The molecule has 1 fully saturated rings. The zero-order chi connectivity index (χ0) is 14.7. The molecule has 3 nitrogen and oxygen atoms in total. The minimum absolute atomic E-state index is 0.471. The largest absolute Gasteiger partial charge is 0.310 e. The minimum Gasteiger partial charge on any atom is -0.310 e. The Morgan fingerprint density at radius 3 is 2.90 bits per heavy atom. The number of fused-ring (bicyclic) bond motifs is 1. The lowest BCUT2D eigenvalue weighted by atomic mass is 10.0. The highest BCUT2D eigenvalue weighted by atomic mass is 14.9. The highest BCUT2D eigenvalue weighted by Gasteiger charge is 2.27. The molecule has 3 unspecified atom stereocenters. The molecule has 3 heteroatoms. The van der Waals surface area contributed by atoms with Crippen molar-refractivity contribution in [2.45, 2.75) is 77.2 Å². The van der Waals surface area contributed by atoms with E-state index in [4.69, 9.17) is 9.97 Å². The average Bonchev–Trinajstić information content (AvgIpc) is 2.83. The Hall–Kier alpha value is -0.960. The van der Waals surface area contributed by atoms with Crippen molar-refractivity contribution in [2.75, 3.05) is 6.54 Å². The second-order valence-corrected chi connectivity index (χ2v) is 7.00. The summed E-state index contributed by atoms with van der Waals surface area (Å²) in [5.74, 6) is 2.57. The van der Waals surface area contributed by atoms with Crippen molar-refractivity contribution < 1.29 is 0 Å². The number of aromatic nitrogens is 2. The van der Waals surface area contributed by atoms with Gasteiger partial charge in [0.15, 0.2) is 0 Å². The van der Waals surface area contributed by atoms with Crippen LogP contribution in [0.4, 0.5) is 0 Å². The van der Waals surface area contributed by atoms with E-state index in [1.165, 1.54) is 56.2 Å². The first-order valence-corrected chi connectivity index (χ1v) is 8.87. The van der Waals surface area contributed by atoms with Crippen molar-refractivity contribution in [3.63, 3.8) is 0 Å². The quantitative estimate of drug-likeness (QED) is 0.845. The van der Waals surface area contributed by atoms with Gasteiger partial charge in [-0.3, -0.25) is 0 Å². The fraction of sp³-hybridized carbons (Fsp3) is 0.778. The first kappa shape index (κ1) is 15.0. The Bertz CT molecular complexity index is 472. The van der Waals surface area contributed by atoms with Crippen molar-refractivity contribution in [3.05, 3.63) is 23.3 Å². The zero-order valence-electron chi connectivity index (χ0n) is 13.6. The lowest BCUT2D eigenvalue weighted by molar-refractivity contribution is 0.487. The maximum atomic E-state index is 5.00. The molecule has 2 aliphatic rings. The minimum atomic E-state index is 0.471. The van der Waals surface area contributed by atoms with Crippen molar-refractivity contribution in [3.8, 4) is 0 Å². The summed E-state index contributed by atoms with van der Waals surface area (Å²) in [6, 6.07) is 0.471. The third-order valence-corrected chi connectivity index (χ3v) is 5.15. The van der Waals surface area contributed by atoms with Crippen molar-refractivity contribution in [1.82, 2.24) is 15.3 Å². The third kappa shape index (κ3) is 3.45. The Morgan fingerprint density at radius 2 is 2.14 bits per heavy atom. The Morgan fingerprint density at radius 1 is 1.24 bits per heavy atom. The summed E-state index contributed by atoms with van der Waals surface area (Å²) in [4.78, 5) is 9.75. The molecule has 2 aliphatic carbocycles. The van der Waals surface area contributed by atoms with Crippen LogP contribution in [-0.2, 0) is 6.42 Å². The topological polar surface area (TPSA) is 37.8 Å². The predicted octanol–water partition coefficient (Wildman–Crippen LogP) is 4.15. The zero-order valence-corrected chi connectivity index (χ0v) is 13.6. The standard InChI is InChI=1S/C18H29N3/c1-3-10-19-16-6-4-5-7-17-15(16)12-20-18(21-17)14-9-8-13(2)11-14/h12-14,16,19H,3-11H2,1-2H3. The molecule has 0 saturated heterocycles. The summed E-state index contributed by atoms with van der Waals surface area (Å²) in [7, 11) is 0. The van der Waals surface area contributed by atoms with Gasteiger partial charge in [-0.15, -0.1) is 0 Å². The number of rotatable bonds is 4. The molecule has 0 aromatic carbocycles. The molecular formula is C18H29N3. The SMILES string of the molecule is CCCNC1CCCCc2nc(C3CCC(C)C3)ncc21. The maximum absolute atomic E-state index is 5.00. The monoisotopic (exact) mass is 287 g/mol. The van der Waals surface area contributed by atoms with Crippen molar-refractivity contribution in [1.29, 1.82) is 0 Å². The lowest BCUT2D eigenvalue weighted by Crippen LogP contribution is -2.23. The van der Waals surface area contributed by atoms with E-state index in [0.717, 1.165) is 24.7 Å². The van der Waals surface area contributed by atoms with E-state index in [0.29, 0.717) is 12.0 Å². The average molecular weight is 287 g/mol. The molecule has 0 aliphatic heterocycles. The smallest absolute Gasteiger partial charge is 0.131 e. The van der Waals surface area contributed by atoms with Crippen LogP contribution in [0.2, 0.25) is 0 Å². The first-order valence-electron chi connectivity index (χ1n) is 8.87. The van der Waals surface area contributed by atoms with E-state index < -0.39 is 0 Å². The van der Waals surface area contributed by atoms with Crippen LogP contribution in [0.25, 0.3) is 0 Å². The molecule has 3 atom stereocenters. The molecule has 1 N–H and O–H groups in total. The van der Waals surface area contributed by atoms with E-state index in [9.17, 15) is 0 Å². The molecular weight excluding hydrogens is 258 g/mol. The van der Waals surface area contributed by atoms with Crippen LogP contribution in [0.5, 0.6) is 0 Å².